The van der Waals surface area contributed by atoms with Gasteiger partial charge in [0.15, 0.2) is 0 Å². The summed E-state index contributed by atoms with van der Waals surface area (Å²) in [7, 11) is 3.09. The fraction of sp³-hybridized carbons (Fsp3) is 0.150. The van der Waals surface area contributed by atoms with Crippen LogP contribution in [0.2, 0.25) is 0 Å². The molecule has 1 heterocycles. The molecule has 0 aliphatic heterocycles. The van der Waals surface area contributed by atoms with Crippen LogP contribution in [0.4, 0.5) is 16.2 Å². The van der Waals surface area contributed by atoms with Gasteiger partial charge in [-0.3, -0.25) is 0 Å². The Kier molecular flexibility index (Phi) is 5.91. The second-order valence-electron chi connectivity index (χ2n) is 5.82. The summed E-state index contributed by atoms with van der Waals surface area (Å²) in [5.41, 5.74) is 1.97. The number of hydrogen-bond donors (Lipinski definition) is 2. The van der Waals surface area contributed by atoms with Crippen molar-refractivity contribution in [1.82, 2.24) is 10.2 Å². The van der Waals surface area contributed by atoms with Crippen molar-refractivity contribution in [3.05, 3.63) is 60.3 Å². The SMILES string of the molecule is COc1cc(NC(=O)Nc2ccc(Oc3ccc(C)nn3)cc2)cc(OC)c1. The average molecular weight is 380 g/mol. The standard InChI is InChI=1S/C20H20N4O4/c1-13-4-9-19(24-23-13)28-16-7-5-14(6-8-16)21-20(25)22-15-10-17(26-2)12-18(11-15)27-3/h4-12H,1-3H3,(H2,21,22,25). The summed E-state index contributed by atoms with van der Waals surface area (Å²) in [6, 6.07) is 15.2. The molecule has 144 valence electrons. The van der Waals surface area contributed by atoms with Crippen molar-refractivity contribution in [2.45, 2.75) is 6.92 Å². The number of nitrogens with one attached hydrogen (secondary N) is 2. The Labute approximate surface area is 162 Å². The summed E-state index contributed by atoms with van der Waals surface area (Å²) in [6.07, 6.45) is 0. The number of aryl methyl sites for hydroxylation is 1. The summed E-state index contributed by atoms with van der Waals surface area (Å²) in [4.78, 5) is 12.2. The van der Waals surface area contributed by atoms with E-state index in [1.54, 1.807) is 62.8 Å². The van der Waals surface area contributed by atoms with Crippen LogP contribution in [0.15, 0.2) is 54.6 Å². The maximum atomic E-state index is 12.2. The molecule has 2 N–H and O–H groups in total. The Balaban J connectivity index is 1.60. The smallest absolute Gasteiger partial charge is 0.323 e. The highest BCUT2D eigenvalue weighted by molar-refractivity contribution is 6.00. The van der Waals surface area contributed by atoms with Crippen molar-refractivity contribution in [3.63, 3.8) is 0 Å². The van der Waals surface area contributed by atoms with Gasteiger partial charge in [0.25, 0.3) is 0 Å². The van der Waals surface area contributed by atoms with Crippen LogP contribution >= 0.6 is 0 Å². The van der Waals surface area contributed by atoms with E-state index >= 15 is 0 Å². The highest BCUT2D eigenvalue weighted by Crippen LogP contribution is 2.26. The number of carbonyl (C=O) groups excluding carboxylic acids is 1. The maximum Gasteiger partial charge on any atom is 0.323 e. The van der Waals surface area contributed by atoms with Crippen LogP contribution in [0.25, 0.3) is 0 Å². The maximum absolute atomic E-state index is 12.2. The van der Waals surface area contributed by atoms with Crippen LogP contribution in [-0.4, -0.2) is 30.4 Å². The lowest BCUT2D eigenvalue weighted by molar-refractivity contribution is 0.262. The summed E-state index contributed by atoms with van der Waals surface area (Å²) in [5.74, 6) is 2.14. The Hall–Kier alpha value is -3.81. The molecule has 8 nitrogen and oxygen atoms in total. The minimum Gasteiger partial charge on any atom is -0.497 e. The first-order valence-corrected chi connectivity index (χ1v) is 8.45. The number of ether oxygens (including phenoxy) is 3. The van der Waals surface area contributed by atoms with Gasteiger partial charge in [-0.2, -0.15) is 5.10 Å². The van der Waals surface area contributed by atoms with Crippen LogP contribution in [0, 0.1) is 6.92 Å². The van der Waals surface area contributed by atoms with Crippen molar-refractivity contribution in [2.24, 2.45) is 0 Å². The number of anilines is 2. The van der Waals surface area contributed by atoms with Gasteiger partial charge in [-0.05, 0) is 37.3 Å². The molecule has 0 aliphatic rings. The van der Waals surface area contributed by atoms with Gasteiger partial charge in [0.2, 0.25) is 5.88 Å². The molecule has 3 rings (SSSR count). The summed E-state index contributed by atoms with van der Waals surface area (Å²) in [5, 5.41) is 13.4. The van der Waals surface area contributed by atoms with E-state index in [9.17, 15) is 4.79 Å². The van der Waals surface area contributed by atoms with Crippen LogP contribution in [0.3, 0.4) is 0 Å². The predicted molar refractivity (Wildman–Crippen MR) is 105 cm³/mol. The minimum absolute atomic E-state index is 0.395. The van der Waals surface area contributed by atoms with Crippen molar-refractivity contribution in [1.29, 1.82) is 0 Å². The first kappa shape index (κ1) is 19.0. The minimum atomic E-state index is -0.395. The van der Waals surface area contributed by atoms with E-state index in [4.69, 9.17) is 14.2 Å². The molecule has 0 unspecified atom stereocenters. The lowest BCUT2D eigenvalue weighted by atomic mass is 10.2. The van der Waals surface area contributed by atoms with Crippen molar-refractivity contribution < 1.29 is 19.0 Å². The second-order valence-corrected chi connectivity index (χ2v) is 5.82. The topological polar surface area (TPSA) is 94.6 Å². The fourth-order valence-electron chi connectivity index (χ4n) is 2.34. The van der Waals surface area contributed by atoms with Crippen LogP contribution in [0.1, 0.15) is 5.69 Å². The molecule has 0 radical (unpaired) electrons. The molecule has 2 aromatic carbocycles. The van der Waals surface area contributed by atoms with Gasteiger partial charge in [-0.1, -0.05) is 0 Å². The van der Waals surface area contributed by atoms with Gasteiger partial charge in [-0.25, -0.2) is 4.79 Å². The number of amides is 2. The highest BCUT2D eigenvalue weighted by Gasteiger charge is 2.07. The molecular weight excluding hydrogens is 360 g/mol. The van der Waals surface area contributed by atoms with Gasteiger partial charge >= 0.3 is 6.03 Å². The third-order valence-corrected chi connectivity index (χ3v) is 3.72. The van der Waals surface area contributed by atoms with E-state index < -0.39 is 6.03 Å². The zero-order valence-corrected chi connectivity index (χ0v) is 15.7. The zero-order valence-electron chi connectivity index (χ0n) is 15.7. The van der Waals surface area contributed by atoms with Gasteiger partial charge in [0, 0.05) is 35.6 Å². The van der Waals surface area contributed by atoms with Gasteiger partial charge < -0.3 is 24.8 Å². The molecule has 3 aromatic rings. The molecule has 0 fully saturated rings. The molecular formula is C20H20N4O4. The molecule has 0 saturated carbocycles. The summed E-state index contributed by atoms with van der Waals surface area (Å²) in [6.45, 7) is 1.85. The second kappa shape index (κ2) is 8.72. The summed E-state index contributed by atoms with van der Waals surface area (Å²) >= 11 is 0. The molecule has 0 saturated heterocycles. The first-order valence-electron chi connectivity index (χ1n) is 8.45. The first-order chi connectivity index (χ1) is 13.6. The van der Waals surface area contributed by atoms with E-state index in [0.29, 0.717) is 34.5 Å². The monoisotopic (exact) mass is 380 g/mol. The molecule has 1 aromatic heterocycles. The van der Waals surface area contributed by atoms with Crippen molar-refractivity contribution in [2.75, 3.05) is 24.9 Å². The molecule has 0 aliphatic carbocycles. The number of carbonyl (C=O) groups is 1. The van der Waals surface area contributed by atoms with Gasteiger partial charge in [0.05, 0.1) is 19.9 Å². The number of benzene rings is 2. The van der Waals surface area contributed by atoms with E-state index in [1.165, 1.54) is 0 Å². The third-order valence-electron chi connectivity index (χ3n) is 3.72. The largest absolute Gasteiger partial charge is 0.497 e. The van der Waals surface area contributed by atoms with E-state index in [1.807, 2.05) is 13.0 Å². The Morgan fingerprint density at radius 3 is 2.00 bits per heavy atom. The third kappa shape index (κ3) is 5.10. The number of nitrogens with zero attached hydrogens (tertiary/aromatic N) is 2. The number of rotatable bonds is 6. The quantitative estimate of drug-likeness (QED) is 0.664. The van der Waals surface area contributed by atoms with E-state index in [2.05, 4.69) is 20.8 Å². The number of aromatic nitrogens is 2. The lowest BCUT2D eigenvalue weighted by Crippen LogP contribution is -2.19. The average Bonchev–Trinajstić information content (AvgIpc) is 2.70. The molecule has 28 heavy (non-hydrogen) atoms. The predicted octanol–water partition coefficient (Wildman–Crippen LogP) is 4.24. The lowest BCUT2D eigenvalue weighted by Gasteiger charge is -2.11. The highest BCUT2D eigenvalue weighted by atomic mass is 16.5. The van der Waals surface area contributed by atoms with Crippen LogP contribution < -0.4 is 24.8 Å². The summed E-state index contributed by atoms with van der Waals surface area (Å²) < 4.78 is 16.0. The Morgan fingerprint density at radius 2 is 1.43 bits per heavy atom. The van der Waals surface area contributed by atoms with Gasteiger partial charge in [0.1, 0.15) is 17.2 Å². The normalized spacial score (nSPS) is 10.1. The number of methoxy groups -OCH3 is 2. The van der Waals surface area contributed by atoms with Crippen LogP contribution in [0.5, 0.6) is 23.1 Å². The van der Waals surface area contributed by atoms with E-state index in [-0.39, 0.29) is 0 Å². The fourth-order valence-corrected chi connectivity index (χ4v) is 2.34. The molecule has 0 bridgehead atoms. The van der Waals surface area contributed by atoms with E-state index in [0.717, 1.165) is 5.69 Å². The Bertz CT molecular complexity index is 921. The molecule has 8 heteroatoms. The molecule has 2 amide bonds. The van der Waals surface area contributed by atoms with Crippen molar-refractivity contribution >= 4 is 17.4 Å². The number of hydrogen-bond acceptors (Lipinski definition) is 6. The van der Waals surface area contributed by atoms with Gasteiger partial charge in [-0.15, -0.1) is 5.10 Å². The zero-order chi connectivity index (χ0) is 19.9. The molecule has 0 spiro atoms. The van der Waals surface area contributed by atoms with Crippen LogP contribution in [-0.2, 0) is 0 Å². The number of urea groups is 1. The Morgan fingerprint density at radius 1 is 0.786 bits per heavy atom. The van der Waals surface area contributed by atoms with Crippen molar-refractivity contribution in [3.8, 4) is 23.1 Å². The molecule has 0 atom stereocenters.